The van der Waals surface area contributed by atoms with Crippen LogP contribution < -0.4 is 15.0 Å². The van der Waals surface area contributed by atoms with E-state index in [1.165, 1.54) is 0 Å². The lowest BCUT2D eigenvalue weighted by Crippen LogP contribution is -2.28. The maximum Gasteiger partial charge on any atom is 0.231 e. The highest BCUT2D eigenvalue weighted by Gasteiger charge is 2.18. The molecule has 0 aromatic heterocycles. The molecule has 1 aliphatic rings. The van der Waals surface area contributed by atoms with Gasteiger partial charge in [-0.25, -0.2) is 0 Å². The molecule has 0 bridgehead atoms. The predicted molar refractivity (Wildman–Crippen MR) is 65.3 cm³/mol. The highest BCUT2D eigenvalue weighted by atomic mass is 35.5. The van der Waals surface area contributed by atoms with Gasteiger partial charge < -0.3 is 9.47 Å². The van der Waals surface area contributed by atoms with E-state index in [0.717, 1.165) is 5.56 Å². The highest BCUT2D eigenvalue weighted by Crippen LogP contribution is 2.39. The van der Waals surface area contributed by atoms with Gasteiger partial charge in [0.05, 0.1) is 10.6 Å². The fourth-order valence-corrected chi connectivity index (χ4v) is 1.75. The van der Waals surface area contributed by atoms with Crippen LogP contribution in [-0.4, -0.2) is 12.4 Å². The van der Waals surface area contributed by atoms with Crippen molar-refractivity contribution in [2.75, 3.05) is 6.79 Å². The first-order valence-corrected chi connectivity index (χ1v) is 5.82. The molecule has 1 N–H and O–H groups in total. The van der Waals surface area contributed by atoms with Crippen LogP contribution in [0.1, 0.15) is 26.3 Å². The molecule has 17 heavy (non-hydrogen) atoms. The van der Waals surface area contributed by atoms with Crippen LogP contribution in [-0.2, 0) is 11.4 Å². The van der Waals surface area contributed by atoms with Gasteiger partial charge in [0.15, 0.2) is 11.5 Å². The third-order valence-corrected chi connectivity index (χ3v) is 2.42. The fraction of sp³-hybridized carbons (Fsp3) is 0.500. The van der Waals surface area contributed by atoms with Gasteiger partial charge in [0, 0.05) is 6.54 Å². The minimum absolute atomic E-state index is 0.222. The van der Waals surface area contributed by atoms with E-state index in [0.29, 0.717) is 23.1 Å². The summed E-state index contributed by atoms with van der Waals surface area (Å²) in [5, 5.41) is 0.563. The van der Waals surface area contributed by atoms with Crippen LogP contribution in [0.4, 0.5) is 0 Å². The Balaban J connectivity index is 2.00. The summed E-state index contributed by atoms with van der Waals surface area (Å²) in [5.74, 6) is 1.30. The molecule has 94 valence electrons. The van der Waals surface area contributed by atoms with Gasteiger partial charge >= 0.3 is 0 Å². The lowest BCUT2D eigenvalue weighted by molar-refractivity contribution is -0.0757. The molecule has 1 aromatic carbocycles. The molecule has 1 aromatic rings. The van der Waals surface area contributed by atoms with E-state index in [4.69, 9.17) is 25.9 Å². The smallest absolute Gasteiger partial charge is 0.231 e. The van der Waals surface area contributed by atoms with Crippen molar-refractivity contribution < 1.29 is 14.3 Å². The normalized spacial score (nSPS) is 14.1. The van der Waals surface area contributed by atoms with Crippen LogP contribution in [0.15, 0.2) is 12.1 Å². The Morgan fingerprint density at radius 1 is 1.35 bits per heavy atom. The lowest BCUT2D eigenvalue weighted by Gasteiger charge is -2.19. The topological polar surface area (TPSA) is 39.7 Å². The van der Waals surface area contributed by atoms with Gasteiger partial charge in [-0.3, -0.25) is 4.84 Å². The Hall–Kier alpha value is -0.970. The van der Waals surface area contributed by atoms with Gasteiger partial charge in [0.1, 0.15) is 0 Å². The molecule has 0 aliphatic carbocycles. The summed E-state index contributed by atoms with van der Waals surface area (Å²) >= 11 is 6.07. The van der Waals surface area contributed by atoms with Crippen molar-refractivity contribution in [3.8, 4) is 11.5 Å². The minimum Gasteiger partial charge on any atom is -0.454 e. The molecular weight excluding hydrogens is 242 g/mol. The Morgan fingerprint density at radius 2 is 2.12 bits per heavy atom. The monoisotopic (exact) mass is 257 g/mol. The molecule has 0 amide bonds. The van der Waals surface area contributed by atoms with Gasteiger partial charge in [0.2, 0.25) is 6.79 Å². The predicted octanol–water partition coefficient (Wildman–Crippen LogP) is 2.89. The van der Waals surface area contributed by atoms with Gasteiger partial charge in [-0.05, 0) is 38.5 Å². The number of hydrogen-bond donors (Lipinski definition) is 1. The minimum atomic E-state index is -0.222. The summed E-state index contributed by atoms with van der Waals surface area (Å²) in [6.45, 7) is 6.73. The first-order chi connectivity index (χ1) is 7.96. The van der Waals surface area contributed by atoms with Crippen LogP contribution in [0, 0.1) is 0 Å². The number of fused-ring (bicyclic) bond motifs is 1. The molecule has 0 spiro atoms. The molecule has 0 unspecified atom stereocenters. The Kier molecular flexibility index (Phi) is 3.47. The zero-order valence-electron chi connectivity index (χ0n) is 10.2. The van der Waals surface area contributed by atoms with Crippen LogP contribution in [0.3, 0.4) is 0 Å². The van der Waals surface area contributed by atoms with Crippen molar-refractivity contribution in [1.29, 1.82) is 0 Å². The molecule has 1 aliphatic heterocycles. The zero-order chi connectivity index (χ0) is 12.5. The van der Waals surface area contributed by atoms with E-state index < -0.39 is 0 Å². The molecule has 5 heteroatoms. The average molecular weight is 258 g/mol. The number of hydroxylamine groups is 1. The number of benzene rings is 1. The summed E-state index contributed by atoms with van der Waals surface area (Å²) < 4.78 is 10.5. The molecule has 0 fully saturated rings. The SMILES string of the molecule is CC(C)(C)ONCc1cc(Cl)c2c(c1)OCO2. The number of nitrogens with one attached hydrogen (secondary N) is 1. The molecule has 1 heterocycles. The standard InChI is InChI=1S/C12H16ClNO3/c1-12(2,3)17-14-6-8-4-9(13)11-10(5-8)15-7-16-11/h4-5,14H,6-7H2,1-3H3. The molecule has 0 saturated carbocycles. The van der Waals surface area contributed by atoms with Gasteiger partial charge in [-0.15, -0.1) is 0 Å². The second kappa shape index (κ2) is 4.72. The van der Waals surface area contributed by atoms with Crippen LogP contribution >= 0.6 is 11.6 Å². The van der Waals surface area contributed by atoms with Crippen molar-refractivity contribution in [3.63, 3.8) is 0 Å². The Bertz CT molecular complexity index is 415. The van der Waals surface area contributed by atoms with Crippen LogP contribution in [0.25, 0.3) is 0 Å². The van der Waals surface area contributed by atoms with E-state index in [2.05, 4.69) is 5.48 Å². The molecule has 4 nitrogen and oxygen atoms in total. The van der Waals surface area contributed by atoms with Gasteiger partial charge in [-0.1, -0.05) is 11.6 Å². The quantitative estimate of drug-likeness (QED) is 0.846. The Morgan fingerprint density at radius 3 is 2.82 bits per heavy atom. The fourth-order valence-electron chi connectivity index (χ4n) is 1.46. The van der Waals surface area contributed by atoms with Crippen molar-refractivity contribution >= 4 is 11.6 Å². The summed E-state index contributed by atoms with van der Waals surface area (Å²) in [6, 6.07) is 3.74. The average Bonchev–Trinajstić information content (AvgIpc) is 2.64. The van der Waals surface area contributed by atoms with Crippen molar-refractivity contribution in [3.05, 3.63) is 22.7 Å². The summed E-state index contributed by atoms with van der Waals surface area (Å²) in [5.41, 5.74) is 3.67. The molecule has 0 saturated heterocycles. The third-order valence-electron chi connectivity index (χ3n) is 2.14. The maximum absolute atomic E-state index is 6.07. The molecule has 0 radical (unpaired) electrons. The van der Waals surface area contributed by atoms with Crippen molar-refractivity contribution in [2.24, 2.45) is 0 Å². The summed E-state index contributed by atoms with van der Waals surface area (Å²) in [4.78, 5) is 5.43. The maximum atomic E-state index is 6.07. The van der Waals surface area contributed by atoms with E-state index in [9.17, 15) is 0 Å². The molecular formula is C12H16ClNO3. The van der Waals surface area contributed by atoms with E-state index in [-0.39, 0.29) is 12.4 Å². The molecule has 2 rings (SSSR count). The summed E-state index contributed by atoms with van der Waals surface area (Å²) in [7, 11) is 0. The van der Waals surface area contributed by atoms with Gasteiger partial charge in [-0.2, -0.15) is 5.48 Å². The number of hydrogen-bond acceptors (Lipinski definition) is 4. The number of rotatable bonds is 3. The van der Waals surface area contributed by atoms with Crippen molar-refractivity contribution in [2.45, 2.75) is 32.9 Å². The van der Waals surface area contributed by atoms with Gasteiger partial charge in [0.25, 0.3) is 0 Å². The number of ether oxygens (including phenoxy) is 2. The lowest BCUT2D eigenvalue weighted by atomic mass is 10.2. The van der Waals surface area contributed by atoms with Crippen LogP contribution in [0.2, 0.25) is 5.02 Å². The molecule has 0 atom stereocenters. The summed E-state index contributed by atoms with van der Waals surface area (Å²) in [6.07, 6.45) is 0. The largest absolute Gasteiger partial charge is 0.454 e. The third kappa shape index (κ3) is 3.25. The van der Waals surface area contributed by atoms with E-state index in [1.54, 1.807) is 0 Å². The second-order valence-electron chi connectivity index (χ2n) is 4.85. The first-order valence-electron chi connectivity index (χ1n) is 5.44. The second-order valence-corrected chi connectivity index (χ2v) is 5.25. The van der Waals surface area contributed by atoms with Crippen molar-refractivity contribution in [1.82, 2.24) is 5.48 Å². The Labute approximate surface area is 106 Å². The van der Waals surface area contributed by atoms with E-state index >= 15 is 0 Å². The van der Waals surface area contributed by atoms with E-state index in [1.807, 2.05) is 32.9 Å². The highest BCUT2D eigenvalue weighted by molar-refractivity contribution is 6.32. The zero-order valence-corrected chi connectivity index (χ0v) is 10.9. The first kappa shape index (κ1) is 12.5. The number of halogens is 1. The van der Waals surface area contributed by atoms with Crippen LogP contribution in [0.5, 0.6) is 11.5 Å².